The molecular formula is C15H20N4O4S. The van der Waals surface area contributed by atoms with Gasteiger partial charge in [-0.3, -0.25) is 9.69 Å². The first-order valence-corrected chi connectivity index (χ1v) is 9.26. The number of carbonyl (C=O) groups is 2. The topological polar surface area (TPSA) is 98.8 Å². The monoisotopic (exact) mass is 352 g/mol. The van der Waals surface area contributed by atoms with Gasteiger partial charge in [-0.2, -0.15) is 4.31 Å². The van der Waals surface area contributed by atoms with Crippen LogP contribution in [0.15, 0.2) is 23.1 Å². The predicted molar refractivity (Wildman–Crippen MR) is 89.5 cm³/mol. The maximum absolute atomic E-state index is 12.7. The Bertz CT molecular complexity index is 787. The van der Waals surface area contributed by atoms with Gasteiger partial charge in [0, 0.05) is 20.1 Å². The number of benzene rings is 1. The van der Waals surface area contributed by atoms with Crippen molar-refractivity contribution in [2.75, 3.05) is 30.4 Å². The van der Waals surface area contributed by atoms with Crippen LogP contribution in [0.4, 0.5) is 16.2 Å². The van der Waals surface area contributed by atoms with Crippen LogP contribution in [0.1, 0.15) is 19.8 Å². The minimum Gasteiger partial charge on any atom is -0.341 e. The zero-order chi connectivity index (χ0) is 17.5. The fourth-order valence-corrected chi connectivity index (χ4v) is 4.56. The first-order valence-electron chi connectivity index (χ1n) is 7.82. The Balaban J connectivity index is 2.07. The predicted octanol–water partition coefficient (Wildman–Crippen LogP) is 0.957. The van der Waals surface area contributed by atoms with E-state index in [1.165, 1.54) is 34.5 Å². The molecule has 1 atom stereocenters. The van der Waals surface area contributed by atoms with E-state index in [9.17, 15) is 18.0 Å². The van der Waals surface area contributed by atoms with Crippen LogP contribution < -0.4 is 15.5 Å². The maximum atomic E-state index is 12.7. The Morgan fingerprint density at radius 2 is 1.96 bits per heavy atom. The van der Waals surface area contributed by atoms with E-state index in [0.29, 0.717) is 24.5 Å². The lowest BCUT2D eigenvalue weighted by molar-refractivity contribution is -0.117. The molecule has 1 aromatic carbocycles. The Labute approximate surface area is 140 Å². The molecule has 130 valence electrons. The first-order chi connectivity index (χ1) is 11.4. The second kappa shape index (κ2) is 6.06. The van der Waals surface area contributed by atoms with E-state index in [1.54, 1.807) is 6.92 Å². The molecule has 1 saturated heterocycles. The molecule has 2 aliphatic rings. The smallest absolute Gasteiger partial charge is 0.322 e. The molecular weight excluding hydrogens is 332 g/mol. The van der Waals surface area contributed by atoms with Crippen LogP contribution in [0.2, 0.25) is 0 Å². The van der Waals surface area contributed by atoms with Crippen LogP contribution >= 0.6 is 0 Å². The normalized spacial score (nSPS) is 21.3. The van der Waals surface area contributed by atoms with Gasteiger partial charge in [0.2, 0.25) is 15.9 Å². The van der Waals surface area contributed by atoms with Crippen LogP contribution in [-0.2, 0) is 14.8 Å². The largest absolute Gasteiger partial charge is 0.341 e. The van der Waals surface area contributed by atoms with Gasteiger partial charge in [0.05, 0.1) is 16.3 Å². The van der Waals surface area contributed by atoms with Gasteiger partial charge in [-0.25, -0.2) is 13.2 Å². The molecule has 1 aromatic rings. The highest BCUT2D eigenvalue weighted by molar-refractivity contribution is 7.89. The highest BCUT2D eigenvalue weighted by atomic mass is 32.2. The summed E-state index contributed by atoms with van der Waals surface area (Å²) in [4.78, 5) is 25.6. The summed E-state index contributed by atoms with van der Waals surface area (Å²) in [5, 5.41) is 5.18. The molecule has 9 heteroatoms. The number of sulfonamides is 1. The number of fused-ring (bicyclic) bond motifs is 1. The molecule has 0 radical (unpaired) electrons. The van der Waals surface area contributed by atoms with Crippen LogP contribution in [0.5, 0.6) is 0 Å². The zero-order valence-corrected chi connectivity index (χ0v) is 14.4. The van der Waals surface area contributed by atoms with Crippen molar-refractivity contribution >= 4 is 33.3 Å². The maximum Gasteiger partial charge on any atom is 0.322 e. The minimum atomic E-state index is -3.60. The minimum absolute atomic E-state index is 0.125. The molecule has 0 bridgehead atoms. The summed E-state index contributed by atoms with van der Waals surface area (Å²) in [5.41, 5.74) is 0.795. The molecule has 2 aliphatic heterocycles. The van der Waals surface area contributed by atoms with Crippen molar-refractivity contribution in [2.45, 2.75) is 30.7 Å². The van der Waals surface area contributed by atoms with E-state index < -0.39 is 22.1 Å². The van der Waals surface area contributed by atoms with Crippen molar-refractivity contribution in [3.8, 4) is 0 Å². The molecule has 0 aliphatic carbocycles. The summed E-state index contributed by atoms with van der Waals surface area (Å²) in [7, 11) is -2.13. The van der Waals surface area contributed by atoms with E-state index in [0.717, 1.165) is 12.8 Å². The van der Waals surface area contributed by atoms with Crippen molar-refractivity contribution < 1.29 is 18.0 Å². The molecule has 0 spiro atoms. The Morgan fingerprint density at radius 1 is 1.29 bits per heavy atom. The van der Waals surface area contributed by atoms with E-state index in [4.69, 9.17) is 0 Å². The molecule has 1 unspecified atom stereocenters. The number of amides is 3. The Morgan fingerprint density at radius 3 is 2.58 bits per heavy atom. The fourth-order valence-electron chi connectivity index (χ4n) is 3.02. The van der Waals surface area contributed by atoms with Crippen molar-refractivity contribution in [1.82, 2.24) is 9.62 Å². The summed E-state index contributed by atoms with van der Waals surface area (Å²) in [6.45, 7) is 2.60. The number of carbonyl (C=O) groups excluding carboxylic acids is 2. The quantitative estimate of drug-likeness (QED) is 0.828. The Kier molecular flexibility index (Phi) is 4.22. The second-order valence-corrected chi connectivity index (χ2v) is 7.82. The molecule has 8 nitrogen and oxygen atoms in total. The van der Waals surface area contributed by atoms with Crippen molar-refractivity contribution in [3.63, 3.8) is 0 Å². The number of rotatable bonds is 2. The van der Waals surface area contributed by atoms with Gasteiger partial charge >= 0.3 is 6.03 Å². The van der Waals surface area contributed by atoms with Gasteiger partial charge in [-0.1, -0.05) is 0 Å². The lowest BCUT2D eigenvalue weighted by atomic mass is 10.1. The lowest BCUT2D eigenvalue weighted by Crippen LogP contribution is -2.52. The van der Waals surface area contributed by atoms with Gasteiger partial charge in [-0.15, -0.1) is 0 Å². The van der Waals surface area contributed by atoms with Gasteiger partial charge in [0.1, 0.15) is 6.04 Å². The summed E-state index contributed by atoms with van der Waals surface area (Å²) < 4.78 is 26.9. The molecule has 2 N–H and O–H groups in total. The number of hydrogen-bond donors (Lipinski definition) is 2. The van der Waals surface area contributed by atoms with Gasteiger partial charge in [0.25, 0.3) is 0 Å². The third-order valence-electron chi connectivity index (χ3n) is 4.39. The summed E-state index contributed by atoms with van der Waals surface area (Å²) in [6.07, 6.45) is 1.70. The number of urea groups is 1. The molecule has 24 heavy (non-hydrogen) atoms. The standard InChI is InChI=1S/C15H20N4O4S/c1-10-14(20)17-12-6-5-11(9-13(12)19(10)15(21)16-2)24(22,23)18-7-3-4-8-18/h5-6,9-10H,3-4,7-8H2,1-2H3,(H,16,21)(H,17,20). The summed E-state index contributed by atoms with van der Waals surface area (Å²) >= 11 is 0. The van der Waals surface area contributed by atoms with Crippen LogP contribution in [0.3, 0.4) is 0 Å². The second-order valence-electron chi connectivity index (χ2n) is 5.88. The number of nitrogens with one attached hydrogen (secondary N) is 2. The third-order valence-corrected chi connectivity index (χ3v) is 6.28. The average Bonchev–Trinajstić information content (AvgIpc) is 3.10. The number of nitrogens with zero attached hydrogens (tertiary/aromatic N) is 2. The van der Waals surface area contributed by atoms with E-state index in [2.05, 4.69) is 10.6 Å². The summed E-state index contributed by atoms with van der Waals surface area (Å²) in [6, 6.07) is 3.24. The van der Waals surface area contributed by atoms with E-state index in [1.807, 2.05) is 0 Å². The van der Waals surface area contributed by atoms with Crippen molar-refractivity contribution in [3.05, 3.63) is 18.2 Å². The number of hydrogen-bond acceptors (Lipinski definition) is 4. The number of anilines is 2. The van der Waals surface area contributed by atoms with Crippen LogP contribution in [0, 0.1) is 0 Å². The molecule has 1 fully saturated rings. The average molecular weight is 352 g/mol. The third kappa shape index (κ3) is 2.63. The van der Waals surface area contributed by atoms with Gasteiger partial charge in [-0.05, 0) is 38.0 Å². The van der Waals surface area contributed by atoms with Crippen LogP contribution in [0.25, 0.3) is 0 Å². The van der Waals surface area contributed by atoms with Gasteiger partial charge < -0.3 is 10.6 Å². The molecule has 3 amide bonds. The molecule has 3 rings (SSSR count). The van der Waals surface area contributed by atoms with Crippen LogP contribution in [-0.4, -0.2) is 50.8 Å². The van der Waals surface area contributed by atoms with Crippen molar-refractivity contribution in [2.24, 2.45) is 0 Å². The van der Waals surface area contributed by atoms with E-state index >= 15 is 0 Å². The molecule has 0 aromatic heterocycles. The van der Waals surface area contributed by atoms with Crippen molar-refractivity contribution in [1.29, 1.82) is 0 Å². The first kappa shape index (κ1) is 16.7. The highest BCUT2D eigenvalue weighted by Crippen LogP contribution is 2.35. The molecule has 0 saturated carbocycles. The van der Waals surface area contributed by atoms with E-state index in [-0.39, 0.29) is 10.8 Å². The Hall–Kier alpha value is -2.13. The highest BCUT2D eigenvalue weighted by Gasteiger charge is 2.35. The van der Waals surface area contributed by atoms with Gasteiger partial charge in [0.15, 0.2) is 0 Å². The zero-order valence-electron chi connectivity index (χ0n) is 13.6. The molecule has 2 heterocycles. The summed E-state index contributed by atoms with van der Waals surface area (Å²) in [5.74, 6) is -0.318. The SMILES string of the molecule is CNC(=O)N1c2cc(S(=O)(=O)N3CCCC3)ccc2NC(=O)C1C. The fraction of sp³-hybridized carbons (Fsp3) is 0.467. The lowest BCUT2D eigenvalue weighted by Gasteiger charge is -2.34.